The topological polar surface area (TPSA) is 215 Å². The minimum atomic E-state index is -1.85. The van der Waals surface area contributed by atoms with Crippen LogP contribution in [0.5, 0.6) is 11.5 Å². The molecule has 0 bridgehead atoms. The van der Waals surface area contributed by atoms with E-state index in [1.54, 1.807) is 30.6 Å². The molecule has 16 nitrogen and oxygen atoms in total. The van der Waals surface area contributed by atoms with Crippen molar-refractivity contribution in [2.24, 2.45) is 22.7 Å². The molecular weight excluding hydrogens is 1020 g/mol. The van der Waals surface area contributed by atoms with Gasteiger partial charge in [-0.15, -0.1) is 0 Å². The molecule has 2 aromatic rings. The van der Waals surface area contributed by atoms with Crippen molar-refractivity contribution in [3.8, 4) is 11.5 Å². The molecule has 2 aromatic carbocycles. The molecule has 2 saturated heterocycles. The number of ether oxygens (including phenoxy) is 3. The molecule has 4 fully saturated rings. The predicted octanol–water partition coefficient (Wildman–Crippen LogP) is 7.20. The number of nitrogens with zero attached hydrogens (tertiary/aromatic N) is 2. The van der Waals surface area contributed by atoms with Gasteiger partial charge in [-0.05, 0) is 72.1 Å². The third kappa shape index (κ3) is 15.6. The van der Waals surface area contributed by atoms with Crippen LogP contribution in [0.25, 0.3) is 0 Å². The Balaban J connectivity index is 0.000000282. The minimum Gasteiger partial charge on any atom is -0.481 e. The number of ketones is 2. The van der Waals surface area contributed by atoms with E-state index in [0.29, 0.717) is 51.9 Å². The number of carbonyl (C=O) groups excluding carboxylic acids is 7. The zero-order chi connectivity index (χ0) is 56.4. The monoisotopic (exact) mass is 1090 g/mol. The number of Topliss-reactive ketones (excluding diaryl/α,β-unsaturated/α-hetero) is 2. The maximum absolute atomic E-state index is 14.0. The van der Waals surface area contributed by atoms with Gasteiger partial charge in [-0.3, -0.25) is 38.4 Å². The molecule has 4 aliphatic rings. The summed E-state index contributed by atoms with van der Waals surface area (Å²) < 4.78 is 124. The van der Waals surface area contributed by atoms with Gasteiger partial charge in [-0.25, -0.2) is 17.6 Å². The van der Waals surface area contributed by atoms with Crippen LogP contribution >= 0.6 is 0 Å². The lowest BCUT2D eigenvalue weighted by Gasteiger charge is -2.36. The van der Waals surface area contributed by atoms with E-state index in [9.17, 15) is 73.5 Å². The van der Waals surface area contributed by atoms with E-state index in [1.165, 1.54) is 0 Å². The Morgan fingerprint density at radius 2 is 0.895 bits per heavy atom. The van der Waals surface area contributed by atoms with Crippen LogP contribution in [0.2, 0.25) is 0 Å². The molecular formula is C52H64F8N4O12. The van der Waals surface area contributed by atoms with Crippen molar-refractivity contribution in [2.75, 3.05) is 39.4 Å². The van der Waals surface area contributed by atoms with Gasteiger partial charge < -0.3 is 39.8 Å². The van der Waals surface area contributed by atoms with Crippen molar-refractivity contribution in [1.82, 2.24) is 20.4 Å². The Hall–Kier alpha value is -6.36. The summed E-state index contributed by atoms with van der Waals surface area (Å²) in [6, 6.07) is -3.13. The van der Waals surface area contributed by atoms with Crippen molar-refractivity contribution in [1.29, 1.82) is 0 Å². The number of amides is 4. The Labute approximate surface area is 433 Å². The molecule has 0 unspecified atom stereocenters. The van der Waals surface area contributed by atoms with Crippen LogP contribution in [-0.4, -0.2) is 119 Å². The highest BCUT2D eigenvalue weighted by atomic mass is 19.2. The molecule has 420 valence electrons. The van der Waals surface area contributed by atoms with E-state index in [1.807, 2.05) is 13.8 Å². The van der Waals surface area contributed by atoms with Gasteiger partial charge in [0, 0.05) is 61.0 Å². The number of halogens is 8. The van der Waals surface area contributed by atoms with E-state index < -0.39 is 154 Å². The number of likely N-dealkylation sites (tertiary alicyclic amines) is 2. The molecule has 0 aromatic heterocycles. The van der Waals surface area contributed by atoms with Crippen LogP contribution in [0.3, 0.4) is 0 Å². The number of hydrogen-bond donors (Lipinski definition) is 3. The number of carbonyl (C=O) groups is 8. The average molecular weight is 1090 g/mol. The molecule has 24 heteroatoms. The van der Waals surface area contributed by atoms with Gasteiger partial charge in [0.25, 0.3) is 0 Å². The molecule has 4 amide bonds. The maximum atomic E-state index is 14.0. The van der Waals surface area contributed by atoms with Gasteiger partial charge in [-0.2, -0.15) is 17.6 Å². The summed E-state index contributed by atoms with van der Waals surface area (Å²) >= 11 is 0. The van der Waals surface area contributed by atoms with E-state index in [-0.39, 0.29) is 29.4 Å². The second-order valence-electron chi connectivity index (χ2n) is 21.3. The van der Waals surface area contributed by atoms with Gasteiger partial charge in [0.05, 0.1) is 12.8 Å². The molecule has 2 saturated carbocycles. The Morgan fingerprint density at radius 1 is 0.579 bits per heavy atom. The van der Waals surface area contributed by atoms with Crippen LogP contribution in [0, 0.1) is 69.2 Å². The lowest BCUT2D eigenvalue weighted by Crippen LogP contribution is -2.50. The van der Waals surface area contributed by atoms with Crippen LogP contribution in [0.1, 0.15) is 125 Å². The Morgan fingerprint density at radius 3 is 1.20 bits per heavy atom. The summed E-state index contributed by atoms with van der Waals surface area (Å²) in [6.07, 6.45) is 7.19. The van der Waals surface area contributed by atoms with E-state index in [2.05, 4.69) is 15.4 Å². The van der Waals surface area contributed by atoms with Gasteiger partial charge in [0.15, 0.2) is 46.3 Å². The first-order chi connectivity index (χ1) is 35.5. The summed E-state index contributed by atoms with van der Waals surface area (Å²) in [7, 11) is 0. The second kappa shape index (κ2) is 25.7. The molecule has 2 heterocycles. The number of nitrogens with one attached hydrogen (secondary N) is 2. The van der Waals surface area contributed by atoms with Crippen LogP contribution in [-0.2, 0) is 43.1 Å². The SMILES string of the molecule is CC(C)(C)OC(=O)C[C@H](NC(=O)C1CCN(C(=O)C2(C)CCCC2)CC1)C(=O)COc1c(F)c(F)cc(F)c1F.CC1(C(=O)N2CCC(C(=O)N[C@@H](CC(=O)O)C(=O)COc3c(F)c(F)cc(F)c3F)CC2)CCCC1. The third-order valence-electron chi connectivity index (χ3n) is 14.2. The molecule has 76 heavy (non-hydrogen) atoms. The highest BCUT2D eigenvalue weighted by molar-refractivity contribution is 5.94. The fourth-order valence-corrected chi connectivity index (χ4v) is 9.83. The van der Waals surface area contributed by atoms with E-state index >= 15 is 0 Å². The summed E-state index contributed by atoms with van der Waals surface area (Å²) in [6.45, 7) is 7.92. The number of carboxylic acid groups (broad SMARTS) is 1. The number of hydrogen-bond acceptors (Lipinski definition) is 11. The standard InChI is InChI=1S/C28H36F4N2O6.C24H28F4N2O6/c1-27(2,3)40-21(36)14-19(20(35)15-39-24-22(31)17(29)13-18(30)23(24)32)33-25(37)16-7-11-34(12-8-16)26(38)28(4)9-5-6-10-28;1-24(6-2-3-7-24)23(35)30-8-4-13(5-9-30)22(34)29-16(11-18(32)33)17(31)12-36-21-19(27)14(25)10-15(26)20(21)28/h13,16,19H,5-12,14-15H2,1-4H3,(H,33,37);10,13,16H,2-9,11-12H2,1H3,(H,29,34)(H,32,33)/t19-;16-/m00/s1. The quantitative estimate of drug-likeness (QED) is 0.0768. The summed E-state index contributed by atoms with van der Waals surface area (Å²) in [5, 5.41) is 13.9. The first-order valence-electron chi connectivity index (χ1n) is 25.1. The first kappa shape index (κ1) is 60.5. The molecule has 2 atom stereocenters. The van der Waals surface area contributed by atoms with Gasteiger partial charge in [0.2, 0.25) is 46.9 Å². The molecule has 3 N–H and O–H groups in total. The summed E-state index contributed by atoms with van der Waals surface area (Å²) in [4.78, 5) is 104. The van der Waals surface area contributed by atoms with Crippen molar-refractivity contribution in [3.05, 3.63) is 58.7 Å². The zero-order valence-corrected chi connectivity index (χ0v) is 43.0. The molecule has 0 radical (unpaired) electrons. The predicted molar refractivity (Wildman–Crippen MR) is 252 cm³/mol. The Bertz CT molecular complexity index is 2460. The minimum absolute atomic E-state index is 0.00214. The van der Waals surface area contributed by atoms with E-state index in [4.69, 9.17) is 14.6 Å². The molecule has 2 aliphatic heterocycles. The fraction of sp³-hybridized carbons (Fsp3) is 0.615. The largest absolute Gasteiger partial charge is 0.481 e. The lowest BCUT2D eigenvalue weighted by atomic mass is 9.85. The molecule has 6 rings (SSSR count). The smallest absolute Gasteiger partial charge is 0.308 e. The number of esters is 1. The normalized spacial score (nSPS) is 18.4. The van der Waals surface area contributed by atoms with Gasteiger partial charge in [0.1, 0.15) is 30.9 Å². The van der Waals surface area contributed by atoms with Crippen LogP contribution < -0.4 is 20.1 Å². The van der Waals surface area contributed by atoms with Crippen molar-refractivity contribution < 1.29 is 92.8 Å². The highest BCUT2D eigenvalue weighted by Crippen LogP contribution is 2.41. The van der Waals surface area contributed by atoms with Crippen molar-refractivity contribution in [2.45, 2.75) is 142 Å². The lowest BCUT2D eigenvalue weighted by molar-refractivity contribution is -0.156. The van der Waals surface area contributed by atoms with Crippen LogP contribution in [0.15, 0.2) is 12.1 Å². The number of aliphatic carboxylic acids is 1. The number of piperidine rings is 2. The number of benzene rings is 2. The third-order valence-corrected chi connectivity index (χ3v) is 14.2. The highest BCUT2D eigenvalue weighted by Gasteiger charge is 2.43. The van der Waals surface area contributed by atoms with Crippen molar-refractivity contribution in [3.63, 3.8) is 0 Å². The average Bonchev–Trinajstić information content (AvgIpc) is 4.03. The first-order valence-corrected chi connectivity index (χ1v) is 25.1. The summed E-state index contributed by atoms with van der Waals surface area (Å²) in [5.74, 6) is -23.6. The fourth-order valence-electron chi connectivity index (χ4n) is 9.83. The maximum Gasteiger partial charge on any atom is 0.308 e. The molecule has 0 spiro atoms. The van der Waals surface area contributed by atoms with Crippen molar-refractivity contribution >= 4 is 47.1 Å². The second-order valence-corrected chi connectivity index (χ2v) is 21.3. The van der Waals surface area contributed by atoms with Gasteiger partial charge in [-0.1, -0.05) is 39.5 Å². The van der Waals surface area contributed by atoms with Crippen LogP contribution in [0.4, 0.5) is 35.1 Å². The van der Waals surface area contributed by atoms with E-state index in [0.717, 1.165) is 51.4 Å². The zero-order valence-electron chi connectivity index (χ0n) is 43.0. The Kier molecular flexibility index (Phi) is 20.4. The number of carboxylic acids is 1. The number of rotatable bonds is 18. The van der Waals surface area contributed by atoms with Gasteiger partial charge >= 0.3 is 11.9 Å². The molecule has 2 aliphatic carbocycles. The summed E-state index contributed by atoms with van der Waals surface area (Å²) in [5.41, 5.74) is -1.67.